The van der Waals surface area contributed by atoms with Gasteiger partial charge in [0, 0.05) is 17.8 Å². The van der Waals surface area contributed by atoms with Crippen molar-refractivity contribution in [3.8, 4) is 0 Å². The van der Waals surface area contributed by atoms with Crippen LogP contribution < -0.4 is 4.90 Å². The number of amides is 1. The van der Waals surface area contributed by atoms with Crippen molar-refractivity contribution in [2.75, 3.05) is 4.90 Å². The molecular formula is C25H31ClF3NO. The van der Waals surface area contributed by atoms with Gasteiger partial charge in [-0.1, -0.05) is 81.3 Å². The zero-order valence-corrected chi connectivity index (χ0v) is 18.5. The van der Waals surface area contributed by atoms with Crippen LogP contribution in [0.25, 0.3) is 0 Å². The van der Waals surface area contributed by atoms with Gasteiger partial charge in [-0.2, -0.15) is 13.2 Å². The first-order valence-electron chi connectivity index (χ1n) is 11.0. The van der Waals surface area contributed by atoms with Gasteiger partial charge in [0.1, 0.15) is 5.38 Å². The molecule has 1 amide bonds. The van der Waals surface area contributed by atoms with Crippen molar-refractivity contribution >= 4 is 28.9 Å². The minimum absolute atomic E-state index is 0.00744. The van der Waals surface area contributed by atoms with Crippen molar-refractivity contribution in [3.63, 3.8) is 0 Å². The van der Waals surface area contributed by atoms with Gasteiger partial charge in [-0.25, -0.2) is 0 Å². The Balaban J connectivity index is 1.63. The van der Waals surface area contributed by atoms with E-state index in [9.17, 15) is 18.0 Å². The molecule has 170 valence electrons. The summed E-state index contributed by atoms with van der Waals surface area (Å²) in [7, 11) is 0. The third kappa shape index (κ3) is 9.34. The normalized spacial score (nSPS) is 12.5. The van der Waals surface area contributed by atoms with Gasteiger partial charge in [-0.15, -0.1) is 11.6 Å². The Labute approximate surface area is 188 Å². The second kappa shape index (κ2) is 13.4. The molecule has 0 saturated heterocycles. The van der Waals surface area contributed by atoms with E-state index < -0.39 is 11.6 Å². The average Bonchev–Trinajstić information content (AvgIpc) is 2.76. The molecule has 0 saturated carbocycles. The molecule has 1 unspecified atom stereocenters. The Morgan fingerprint density at radius 3 is 1.61 bits per heavy atom. The molecule has 0 aromatic heterocycles. The number of rotatable bonds is 13. The maximum Gasteiger partial charge on any atom is 0.404 e. The highest BCUT2D eigenvalue weighted by molar-refractivity contribution is 6.21. The highest BCUT2D eigenvalue weighted by atomic mass is 35.5. The SMILES string of the molecule is O=C(CCCCCCCCCCC(Cl)C(F)(F)F)N(c1ccccc1)c1ccccc1. The van der Waals surface area contributed by atoms with Crippen molar-refractivity contribution in [3.05, 3.63) is 60.7 Å². The third-order valence-electron chi connectivity index (χ3n) is 5.23. The monoisotopic (exact) mass is 453 g/mol. The van der Waals surface area contributed by atoms with E-state index >= 15 is 0 Å². The largest absolute Gasteiger partial charge is 0.404 e. The van der Waals surface area contributed by atoms with Crippen LogP contribution in [0.2, 0.25) is 0 Å². The number of nitrogens with zero attached hydrogens (tertiary/aromatic N) is 1. The van der Waals surface area contributed by atoms with Crippen molar-refractivity contribution in [2.24, 2.45) is 0 Å². The number of carbonyl (C=O) groups is 1. The summed E-state index contributed by atoms with van der Waals surface area (Å²) in [6, 6.07) is 19.3. The summed E-state index contributed by atoms with van der Waals surface area (Å²) in [4.78, 5) is 14.7. The molecular weight excluding hydrogens is 423 g/mol. The third-order valence-corrected chi connectivity index (χ3v) is 5.70. The predicted molar refractivity (Wildman–Crippen MR) is 122 cm³/mol. The van der Waals surface area contributed by atoms with Gasteiger partial charge in [0.15, 0.2) is 0 Å². The van der Waals surface area contributed by atoms with Crippen LogP contribution in [0.1, 0.15) is 64.2 Å². The zero-order chi connectivity index (χ0) is 22.5. The maximum absolute atomic E-state index is 12.9. The predicted octanol–water partition coefficient (Wildman–Crippen LogP) is 8.42. The molecule has 0 heterocycles. The number of halogens is 4. The Bertz CT molecular complexity index is 713. The summed E-state index contributed by atoms with van der Waals surface area (Å²) < 4.78 is 37.0. The lowest BCUT2D eigenvalue weighted by Crippen LogP contribution is -2.25. The van der Waals surface area contributed by atoms with E-state index in [1.54, 1.807) is 4.90 Å². The zero-order valence-electron chi connectivity index (χ0n) is 17.8. The minimum atomic E-state index is -4.30. The molecule has 0 bridgehead atoms. The summed E-state index contributed by atoms with van der Waals surface area (Å²) in [5, 5.41) is -1.73. The van der Waals surface area contributed by atoms with E-state index in [0.717, 1.165) is 56.3 Å². The van der Waals surface area contributed by atoms with Crippen molar-refractivity contribution in [2.45, 2.75) is 75.8 Å². The Kier molecular flexibility index (Phi) is 10.9. The molecule has 0 radical (unpaired) electrons. The Morgan fingerprint density at radius 1 is 0.742 bits per heavy atom. The molecule has 2 aromatic rings. The van der Waals surface area contributed by atoms with Gasteiger partial charge >= 0.3 is 6.18 Å². The fraction of sp³-hybridized carbons (Fsp3) is 0.480. The van der Waals surface area contributed by atoms with Gasteiger partial charge in [-0.05, 0) is 37.1 Å². The van der Waals surface area contributed by atoms with Crippen LogP contribution >= 0.6 is 11.6 Å². The van der Waals surface area contributed by atoms with Crippen LogP contribution in [-0.4, -0.2) is 17.5 Å². The van der Waals surface area contributed by atoms with E-state index in [1.165, 1.54) is 0 Å². The summed E-state index contributed by atoms with van der Waals surface area (Å²) in [6.45, 7) is 0. The smallest absolute Gasteiger partial charge is 0.281 e. The van der Waals surface area contributed by atoms with E-state index in [4.69, 9.17) is 11.6 Å². The lowest BCUT2D eigenvalue weighted by atomic mass is 10.1. The van der Waals surface area contributed by atoms with Crippen LogP contribution in [0.3, 0.4) is 0 Å². The quantitative estimate of drug-likeness (QED) is 0.220. The lowest BCUT2D eigenvalue weighted by Gasteiger charge is -2.23. The number of hydrogen-bond donors (Lipinski definition) is 0. The van der Waals surface area contributed by atoms with Crippen molar-refractivity contribution in [1.82, 2.24) is 0 Å². The first-order chi connectivity index (χ1) is 14.9. The van der Waals surface area contributed by atoms with Gasteiger partial charge < -0.3 is 0 Å². The minimum Gasteiger partial charge on any atom is -0.281 e. The molecule has 2 rings (SSSR count). The number of unbranched alkanes of at least 4 members (excludes halogenated alkanes) is 7. The van der Waals surface area contributed by atoms with E-state index in [1.807, 2.05) is 60.7 Å². The van der Waals surface area contributed by atoms with Crippen LogP contribution in [0.15, 0.2) is 60.7 Å². The molecule has 0 spiro atoms. The Morgan fingerprint density at radius 2 is 1.16 bits per heavy atom. The average molecular weight is 454 g/mol. The van der Waals surface area contributed by atoms with E-state index in [-0.39, 0.29) is 12.3 Å². The van der Waals surface area contributed by atoms with Crippen LogP contribution in [-0.2, 0) is 4.79 Å². The van der Waals surface area contributed by atoms with Gasteiger partial charge in [0.25, 0.3) is 0 Å². The second-order valence-corrected chi connectivity index (χ2v) is 8.30. The number of carbonyl (C=O) groups excluding carboxylic acids is 1. The maximum atomic E-state index is 12.9. The molecule has 0 N–H and O–H groups in total. The summed E-state index contributed by atoms with van der Waals surface area (Å²) in [5.74, 6) is 0.0812. The number of para-hydroxylation sites is 2. The summed E-state index contributed by atoms with van der Waals surface area (Å²) >= 11 is 5.32. The van der Waals surface area contributed by atoms with Crippen molar-refractivity contribution in [1.29, 1.82) is 0 Å². The fourth-order valence-corrected chi connectivity index (χ4v) is 3.68. The number of alkyl halides is 4. The Hall–Kier alpha value is -2.01. The standard InChI is InChI=1S/C25H31ClF3NO/c26-23(25(27,28)29)19-13-5-3-1-2-4-6-14-20-24(31)30(21-15-9-7-10-16-21)22-17-11-8-12-18-22/h7-12,15-18,23H,1-6,13-14,19-20H2. The van der Waals surface area contributed by atoms with Gasteiger partial charge in [0.2, 0.25) is 5.91 Å². The number of anilines is 2. The first kappa shape index (κ1) is 25.3. The molecule has 2 nitrogen and oxygen atoms in total. The molecule has 31 heavy (non-hydrogen) atoms. The second-order valence-electron chi connectivity index (χ2n) is 7.78. The molecule has 6 heteroatoms. The number of hydrogen-bond acceptors (Lipinski definition) is 1. The topological polar surface area (TPSA) is 20.3 Å². The van der Waals surface area contributed by atoms with E-state index in [0.29, 0.717) is 12.8 Å². The molecule has 0 fully saturated rings. The van der Waals surface area contributed by atoms with Crippen LogP contribution in [0.5, 0.6) is 0 Å². The molecule has 0 aliphatic carbocycles. The molecule has 0 aliphatic rings. The number of benzene rings is 2. The van der Waals surface area contributed by atoms with Crippen molar-refractivity contribution < 1.29 is 18.0 Å². The highest BCUT2D eigenvalue weighted by Gasteiger charge is 2.37. The first-order valence-corrected chi connectivity index (χ1v) is 11.5. The van der Waals surface area contributed by atoms with Gasteiger partial charge in [-0.3, -0.25) is 9.69 Å². The van der Waals surface area contributed by atoms with Gasteiger partial charge in [0.05, 0.1) is 0 Å². The fourth-order valence-electron chi connectivity index (χ4n) is 3.53. The molecule has 1 atom stereocenters. The van der Waals surface area contributed by atoms with E-state index in [2.05, 4.69) is 0 Å². The summed E-state index contributed by atoms with van der Waals surface area (Å²) in [6.07, 6.45) is 3.28. The molecule has 2 aromatic carbocycles. The highest BCUT2D eigenvalue weighted by Crippen LogP contribution is 2.29. The summed E-state index contributed by atoms with van der Waals surface area (Å²) in [5.41, 5.74) is 1.73. The van der Waals surface area contributed by atoms with Crippen LogP contribution in [0, 0.1) is 0 Å². The van der Waals surface area contributed by atoms with Crippen LogP contribution in [0.4, 0.5) is 24.5 Å². The molecule has 0 aliphatic heterocycles. The lowest BCUT2D eigenvalue weighted by molar-refractivity contribution is -0.131.